The van der Waals surface area contributed by atoms with E-state index in [1.807, 2.05) is 20.0 Å². The lowest BCUT2D eigenvalue weighted by atomic mass is 9.93. The highest BCUT2D eigenvalue weighted by Gasteiger charge is 2.34. The van der Waals surface area contributed by atoms with Crippen LogP contribution in [0, 0.1) is 19.8 Å². The maximum atomic E-state index is 12.8. The first kappa shape index (κ1) is 18.7. The topological polar surface area (TPSA) is 52.6 Å². The van der Waals surface area contributed by atoms with Crippen molar-refractivity contribution in [3.05, 3.63) is 17.6 Å². The molecule has 0 unspecified atom stereocenters. The van der Waals surface area contributed by atoms with Crippen LogP contribution < -0.4 is 4.90 Å². The second kappa shape index (κ2) is 8.13. The Morgan fingerprint density at radius 1 is 1.00 bits per heavy atom. The molecule has 148 valence electrons. The summed E-state index contributed by atoms with van der Waals surface area (Å²) >= 11 is 0. The Balaban J connectivity index is 1.33. The van der Waals surface area contributed by atoms with Gasteiger partial charge < -0.3 is 9.80 Å². The van der Waals surface area contributed by atoms with Gasteiger partial charge in [-0.05, 0) is 58.9 Å². The average molecular weight is 372 g/mol. The van der Waals surface area contributed by atoms with E-state index in [0.29, 0.717) is 11.9 Å². The highest BCUT2D eigenvalue weighted by molar-refractivity contribution is 5.79. The van der Waals surface area contributed by atoms with Crippen LogP contribution in [0.4, 0.5) is 5.82 Å². The van der Waals surface area contributed by atoms with Gasteiger partial charge in [0.2, 0.25) is 5.91 Å². The minimum atomic E-state index is 0.222. The summed E-state index contributed by atoms with van der Waals surface area (Å²) in [5.41, 5.74) is 2.00. The van der Waals surface area contributed by atoms with Crippen LogP contribution in [-0.4, -0.2) is 71.0 Å². The molecule has 6 nitrogen and oxygen atoms in total. The molecule has 4 heterocycles. The van der Waals surface area contributed by atoms with E-state index < -0.39 is 0 Å². The largest absolute Gasteiger partial charge is 0.355 e. The first-order valence-electron chi connectivity index (χ1n) is 10.7. The molecule has 27 heavy (non-hydrogen) atoms. The Morgan fingerprint density at radius 2 is 1.74 bits per heavy atom. The highest BCUT2D eigenvalue weighted by atomic mass is 16.2. The maximum Gasteiger partial charge on any atom is 0.226 e. The number of aromatic nitrogens is 2. The second-order valence-corrected chi connectivity index (χ2v) is 8.51. The van der Waals surface area contributed by atoms with E-state index in [0.717, 1.165) is 82.2 Å². The monoisotopic (exact) mass is 371 g/mol. The summed E-state index contributed by atoms with van der Waals surface area (Å²) in [5, 5.41) is 0. The zero-order valence-corrected chi connectivity index (χ0v) is 16.9. The zero-order valence-electron chi connectivity index (χ0n) is 16.9. The summed E-state index contributed by atoms with van der Waals surface area (Å²) in [4.78, 5) is 29.1. The van der Waals surface area contributed by atoms with Crippen LogP contribution in [0.15, 0.2) is 6.20 Å². The fourth-order valence-corrected chi connectivity index (χ4v) is 5.00. The fraction of sp³-hybridized carbons (Fsp3) is 0.762. The molecule has 0 aromatic carbocycles. The average Bonchev–Trinajstić information content (AvgIpc) is 3.24. The Morgan fingerprint density at radius 3 is 2.48 bits per heavy atom. The van der Waals surface area contributed by atoms with Crippen molar-refractivity contribution in [2.24, 2.45) is 5.92 Å². The molecular weight excluding hydrogens is 338 g/mol. The third kappa shape index (κ3) is 4.10. The summed E-state index contributed by atoms with van der Waals surface area (Å²) in [6.07, 6.45) is 8.75. The maximum absolute atomic E-state index is 12.8. The summed E-state index contributed by atoms with van der Waals surface area (Å²) in [5.74, 6) is 1.69. The first-order valence-corrected chi connectivity index (χ1v) is 10.7. The van der Waals surface area contributed by atoms with E-state index in [9.17, 15) is 4.79 Å². The number of nitrogens with zero attached hydrogens (tertiary/aromatic N) is 5. The molecule has 0 bridgehead atoms. The van der Waals surface area contributed by atoms with E-state index in [-0.39, 0.29) is 5.92 Å². The summed E-state index contributed by atoms with van der Waals surface area (Å²) < 4.78 is 0. The van der Waals surface area contributed by atoms with Crippen molar-refractivity contribution in [2.75, 3.05) is 44.2 Å². The zero-order chi connectivity index (χ0) is 18.8. The van der Waals surface area contributed by atoms with E-state index >= 15 is 0 Å². The van der Waals surface area contributed by atoms with Crippen molar-refractivity contribution >= 4 is 11.7 Å². The number of aryl methyl sites for hydroxylation is 2. The molecule has 1 aromatic rings. The summed E-state index contributed by atoms with van der Waals surface area (Å²) in [6, 6.07) is 0.605. The number of carbonyl (C=O) groups excluding carboxylic acids is 1. The molecule has 1 atom stereocenters. The van der Waals surface area contributed by atoms with Crippen LogP contribution in [0.25, 0.3) is 0 Å². The third-order valence-corrected chi connectivity index (χ3v) is 6.55. The molecule has 3 aliphatic heterocycles. The second-order valence-electron chi connectivity index (χ2n) is 8.51. The van der Waals surface area contributed by atoms with Gasteiger partial charge in [0.05, 0.1) is 17.3 Å². The van der Waals surface area contributed by atoms with Gasteiger partial charge in [0, 0.05) is 45.0 Å². The molecule has 3 fully saturated rings. The van der Waals surface area contributed by atoms with Gasteiger partial charge in [0.1, 0.15) is 5.82 Å². The Bertz CT molecular complexity index is 665. The van der Waals surface area contributed by atoms with E-state index in [4.69, 9.17) is 4.98 Å². The number of amides is 1. The molecule has 0 spiro atoms. The number of piperidine rings is 2. The molecule has 0 radical (unpaired) electrons. The first-order chi connectivity index (χ1) is 13.1. The van der Waals surface area contributed by atoms with E-state index in [1.165, 1.54) is 12.8 Å². The number of hydrogen-bond acceptors (Lipinski definition) is 5. The van der Waals surface area contributed by atoms with E-state index in [2.05, 4.69) is 19.7 Å². The van der Waals surface area contributed by atoms with Crippen molar-refractivity contribution in [1.29, 1.82) is 0 Å². The highest BCUT2D eigenvalue weighted by Crippen LogP contribution is 2.28. The lowest BCUT2D eigenvalue weighted by molar-refractivity contribution is -0.136. The van der Waals surface area contributed by atoms with Crippen LogP contribution in [0.2, 0.25) is 0 Å². The number of hydrogen-bond donors (Lipinski definition) is 0. The SMILES string of the molecule is Cc1cnc(C)c(N2CCC(N3CCC[C@H](C(=O)N4CCCC4)C3)CC2)n1. The number of anilines is 1. The lowest BCUT2D eigenvalue weighted by Gasteiger charge is -2.43. The molecule has 1 aromatic heterocycles. The van der Waals surface area contributed by atoms with Gasteiger partial charge in [0.15, 0.2) is 0 Å². The van der Waals surface area contributed by atoms with Crippen LogP contribution in [-0.2, 0) is 4.79 Å². The molecule has 4 rings (SSSR count). The summed E-state index contributed by atoms with van der Waals surface area (Å²) in [7, 11) is 0. The van der Waals surface area contributed by atoms with Crippen molar-refractivity contribution in [2.45, 2.75) is 58.4 Å². The quantitative estimate of drug-likeness (QED) is 0.817. The predicted octanol–water partition coefficient (Wildman–Crippen LogP) is 2.40. The van der Waals surface area contributed by atoms with Crippen LogP contribution in [0.3, 0.4) is 0 Å². The Hall–Kier alpha value is -1.69. The van der Waals surface area contributed by atoms with Gasteiger partial charge in [-0.3, -0.25) is 14.7 Å². The minimum Gasteiger partial charge on any atom is -0.355 e. The number of rotatable bonds is 3. The molecule has 0 aliphatic carbocycles. The van der Waals surface area contributed by atoms with Crippen molar-refractivity contribution in [3.8, 4) is 0 Å². The number of carbonyl (C=O) groups is 1. The molecule has 6 heteroatoms. The lowest BCUT2D eigenvalue weighted by Crippen LogP contribution is -2.51. The smallest absolute Gasteiger partial charge is 0.226 e. The predicted molar refractivity (Wildman–Crippen MR) is 107 cm³/mol. The third-order valence-electron chi connectivity index (χ3n) is 6.55. The van der Waals surface area contributed by atoms with Gasteiger partial charge in [-0.1, -0.05) is 0 Å². The van der Waals surface area contributed by atoms with Crippen molar-refractivity contribution in [1.82, 2.24) is 19.8 Å². The molecule has 3 aliphatic rings. The van der Waals surface area contributed by atoms with Gasteiger partial charge in [0.25, 0.3) is 0 Å². The van der Waals surface area contributed by atoms with Crippen LogP contribution in [0.5, 0.6) is 0 Å². The molecule has 3 saturated heterocycles. The molecule has 0 saturated carbocycles. The molecule has 1 amide bonds. The van der Waals surface area contributed by atoms with Gasteiger partial charge in [-0.2, -0.15) is 0 Å². The van der Waals surface area contributed by atoms with Crippen LogP contribution in [0.1, 0.15) is 49.9 Å². The van der Waals surface area contributed by atoms with Crippen LogP contribution >= 0.6 is 0 Å². The van der Waals surface area contributed by atoms with Crippen molar-refractivity contribution in [3.63, 3.8) is 0 Å². The van der Waals surface area contributed by atoms with E-state index in [1.54, 1.807) is 0 Å². The van der Waals surface area contributed by atoms with Gasteiger partial charge in [-0.25, -0.2) is 4.98 Å². The minimum absolute atomic E-state index is 0.222. The van der Waals surface area contributed by atoms with Crippen molar-refractivity contribution < 1.29 is 4.79 Å². The standard InChI is InChI=1S/C21H33N5O/c1-16-14-22-17(2)20(23-16)24-12-7-19(8-13-24)26-11-5-6-18(15-26)21(27)25-9-3-4-10-25/h14,18-19H,3-13,15H2,1-2H3/t18-/m0/s1. The normalized spacial score (nSPS) is 25.2. The molecule has 0 N–H and O–H groups in total. The molecular formula is C21H33N5O. The Kier molecular flexibility index (Phi) is 5.62. The fourth-order valence-electron chi connectivity index (χ4n) is 5.00. The number of likely N-dealkylation sites (tertiary alicyclic amines) is 2. The summed E-state index contributed by atoms with van der Waals surface area (Å²) in [6.45, 7) is 10.2. The van der Waals surface area contributed by atoms with Gasteiger partial charge in [-0.15, -0.1) is 0 Å². The van der Waals surface area contributed by atoms with Gasteiger partial charge >= 0.3 is 0 Å². The Labute approximate surface area is 162 Å².